The lowest BCUT2D eigenvalue weighted by atomic mass is 9.79. The number of nitrogens with zero attached hydrogens (tertiary/aromatic N) is 2. The molecule has 0 amide bonds. The first-order valence-corrected chi connectivity index (χ1v) is 14.1. The summed E-state index contributed by atoms with van der Waals surface area (Å²) >= 11 is 0. The van der Waals surface area contributed by atoms with Crippen LogP contribution >= 0.6 is 0 Å². The van der Waals surface area contributed by atoms with Gasteiger partial charge in [-0.2, -0.15) is 0 Å². The second-order valence-electron chi connectivity index (χ2n) is 15.0. The van der Waals surface area contributed by atoms with Crippen molar-refractivity contribution >= 4 is 23.8 Å². The second kappa shape index (κ2) is 10.9. The van der Waals surface area contributed by atoms with Gasteiger partial charge in [0.05, 0.1) is 11.4 Å². The van der Waals surface area contributed by atoms with Gasteiger partial charge in [0.25, 0.3) is 0 Å². The third kappa shape index (κ3) is 7.41. The van der Waals surface area contributed by atoms with Gasteiger partial charge in [0.1, 0.15) is 11.5 Å². The van der Waals surface area contributed by atoms with E-state index < -0.39 is 0 Å². The summed E-state index contributed by atoms with van der Waals surface area (Å²) in [6.07, 6.45) is 3.48. The van der Waals surface area contributed by atoms with Gasteiger partial charge in [-0.15, -0.1) is 0 Å². The Bertz CT molecular complexity index is 1310. The van der Waals surface area contributed by atoms with Gasteiger partial charge in [-0.05, 0) is 69.2 Å². The third-order valence-electron chi connectivity index (χ3n) is 7.18. The van der Waals surface area contributed by atoms with Crippen LogP contribution in [-0.4, -0.2) is 22.6 Å². The molecule has 4 heteroatoms. The van der Waals surface area contributed by atoms with Gasteiger partial charge in [0, 0.05) is 34.7 Å². The smallest absolute Gasteiger partial charge is 0.128 e. The summed E-state index contributed by atoms with van der Waals surface area (Å²) in [7, 11) is 0. The first kappa shape index (κ1) is 31.1. The number of rotatable bonds is 4. The molecule has 0 saturated heterocycles. The van der Waals surface area contributed by atoms with Crippen molar-refractivity contribution in [3.63, 3.8) is 0 Å². The topological polar surface area (TPSA) is 65.2 Å². The highest BCUT2D eigenvalue weighted by atomic mass is 16.3. The average Bonchev–Trinajstić information content (AvgIpc) is 2.80. The highest BCUT2D eigenvalue weighted by molar-refractivity contribution is 5.88. The Balaban J connectivity index is 1.92. The molecule has 0 atom stereocenters. The van der Waals surface area contributed by atoms with E-state index in [1.165, 1.54) is 0 Å². The van der Waals surface area contributed by atoms with Crippen LogP contribution in [0.4, 0.5) is 11.4 Å². The molecule has 0 unspecified atom stereocenters. The lowest BCUT2D eigenvalue weighted by Gasteiger charge is -2.27. The van der Waals surface area contributed by atoms with Crippen LogP contribution in [0.15, 0.2) is 58.5 Å². The summed E-state index contributed by atoms with van der Waals surface area (Å²) in [5, 5.41) is 22.1. The zero-order valence-corrected chi connectivity index (χ0v) is 26.6. The predicted molar refractivity (Wildman–Crippen MR) is 172 cm³/mol. The zero-order valence-electron chi connectivity index (χ0n) is 26.6. The van der Waals surface area contributed by atoms with Crippen molar-refractivity contribution in [3.8, 4) is 11.5 Å². The first-order chi connectivity index (χ1) is 18.2. The Morgan fingerprint density at radius 1 is 0.475 bits per heavy atom. The standard InChI is InChI=1S/C36H48N2O2/c1-33(2,3)25-17-23(31(39)29(19-25)35(7,8)9)21-37-27-13-15-28(16-14-27)38-22-24-18-26(34(4,5)6)20-30(32(24)40)36(10,11)12/h13-22,39-40H,1-12H3. The molecule has 40 heavy (non-hydrogen) atoms. The molecule has 3 aromatic carbocycles. The lowest BCUT2D eigenvalue weighted by molar-refractivity contribution is 0.443. The molecule has 0 saturated carbocycles. The van der Waals surface area contributed by atoms with E-state index in [0.717, 1.165) is 33.6 Å². The van der Waals surface area contributed by atoms with Crippen molar-refractivity contribution in [2.75, 3.05) is 0 Å². The minimum absolute atomic E-state index is 0.0512. The van der Waals surface area contributed by atoms with Crippen LogP contribution in [0.2, 0.25) is 0 Å². The first-order valence-electron chi connectivity index (χ1n) is 14.1. The van der Waals surface area contributed by atoms with E-state index in [4.69, 9.17) is 0 Å². The molecule has 3 rings (SSSR count). The second-order valence-corrected chi connectivity index (χ2v) is 15.0. The predicted octanol–water partition coefficient (Wildman–Crippen LogP) is 9.79. The van der Waals surface area contributed by atoms with Crippen molar-refractivity contribution in [2.45, 2.75) is 105 Å². The maximum Gasteiger partial charge on any atom is 0.128 e. The maximum atomic E-state index is 11.0. The Kier molecular flexibility index (Phi) is 8.46. The van der Waals surface area contributed by atoms with Gasteiger partial charge >= 0.3 is 0 Å². The van der Waals surface area contributed by atoms with Crippen LogP contribution in [0, 0.1) is 0 Å². The summed E-state index contributed by atoms with van der Waals surface area (Å²) in [5.41, 5.74) is 6.63. The largest absolute Gasteiger partial charge is 0.507 e. The van der Waals surface area contributed by atoms with Crippen LogP contribution in [0.1, 0.15) is 116 Å². The molecule has 4 nitrogen and oxygen atoms in total. The number of hydrogen-bond donors (Lipinski definition) is 2. The number of benzene rings is 3. The normalized spacial score (nSPS) is 13.5. The van der Waals surface area contributed by atoms with Crippen molar-refractivity contribution in [1.82, 2.24) is 0 Å². The molecule has 0 aliphatic carbocycles. The summed E-state index contributed by atoms with van der Waals surface area (Å²) in [4.78, 5) is 9.32. The van der Waals surface area contributed by atoms with E-state index in [1.54, 1.807) is 12.4 Å². The fourth-order valence-corrected chi connectivity index (χ4v) is 4.43. The zero-order chi connectivity index (χ0) is 30.3. The monoisotopic (exact) mass is 540 g/mol. The van der Waals surface area contributed by atoms with Crippen LogP contribution < -0.4 is 0 Å². The van der Waals surface area contributed by atoms with Gasteiger partial charge in [0.15, 0.2) is 0 Å². The number of phenols is 2. The minimum Gasteiger partial charge on any atom is -0.507 e. The van der Waals surface area contributed by atoms with E-state index in [9.17, 15) is 10.2 Å². The summed E-state index contributed by atoms with van der Waals surface area (Å²) < 4.78 is 0. The van der Waals surface area contributed by atoms with Crippen molar-refractivity contribution in [3.05, 3.63) is 81.9 Å². The van der Waals surface area contributed by atoms with Crippen molar-refractivity contribution in [1.29, 1.82) is 0 Å². The molecular formula is C36H48N2O2. The van der Waals surface area contributed by atoms with Crippen LogP contribution in [-0.2, 0) is 21.7 Å². The van der Waals surface area contributed by atoms with Gasteiger partial charge in [0.2, 0.25) is 0 Å². The molecule has 0 radical (unpaired) electrons. The van der Waals surface area contributed by atoms with E-state index in [1.807, 2.05) is 36.4 Å². The summed E-state index contributed by atoms with van der Waals surface area (Å²) in [5.74, 6) is 0.551. The van der Waals surface area contributed by atoms with Crippen molar-refractivity contribution in [2.24, 2.45) is 9.98 Å². The fourth-order valence-electron chi connectivity index (χ4n) is 4.43. The molecule has 0 aromatic heterocycles. The lowest BCUT2D eigenvalue weighted by Crippen LogP contribution is -2.17. The van der Waals surface area contributed by atoms with Gasteiger partial charge < -0.3 is 10.2 Å². The molecule has 2 N–H and O–H groups in total. The highest BCUT2D eigenvalue weighted by Crippen LogP contribution is 2.38. The minimum atomic E-state index is -0.192. The van der Waals surface area contributed by atoms with E-state index in [2.05, 4.69) is 105 Å². The van der Waals surface area contributed by atoms with Crippen LogP contribution in [0.5, 0.6) is 11.5 Å². The van der Waals surface area contributed by atoms with Gasteiger partial charge in [-0.1, -0.05) is 95.2 Å². The SMILES string of the molecule is CC(C)(C)c1cc(C=Nc2ccc(N=Cc3cc(C(C)(C)C)cc(C(C)(C)C)c3O)cc2)c(O)c(C(C)(C)C)c1. The Hall–Kier alpha value is -3.40. The molecule has 0 spiro atoms. The average molecular weight is 541 g/mol. The number of aromatic hydroxyl groups is 2. The molecule has 0 aliphatic heterocycles. The Labute approximate surface area is 241 Å². The van der Waals surface area contributed by atoms with Crippen LogP contribution in [0.25, 0.3) is 0 Å². The summed E-state index contributed by atoms with van der Waals surface area (Å²) in [6, 6.07) is 15.9. The van der Waals surface area contributed by atoms with E-state index in [0.29, 0.717) is 11.1 Å². The fraction of sp³-hybridized carbons (Fsp3) is 0.444. The third-order valence-corrected chi connectivity index (χ3v) is 7.18. The molecule has 214 valence electrons. The highest BCUT2D eigenvalue weighted by Gasteiger charge is 2.25. The van der Waals surface area contributed by atoms with E-state index in [-0.39, 0.29) is 33.2 Å². The molecule has 0 heterocycles. The molecule has 0 aliphatic rings. The molecular weight excluding hydrogens is 492 g/mol. The number of phenolic OH excluding ortho intramolecular Hbond substituents is 2. The van der Waals surface area contributed by atoms with Gasteiger partial charge in [-0.25, -0.2) is 0 Å². The quantitative estimate of drug-likeness (QED) is 0.323. The Morgan fingerprint density at radius 2 is 0.775 bits per heavy atom. The van der Waals surface area contributed by atoms with E-state index >= 15 is 0 Å². The maximum absolute atomic E-state index is 11.0. The number of hydrogen-bond acceptors (Lipinski definition) is 4. The molecule has 0 fully saturated rings. The van der Waals surface area contributed by atoms with Crippen molar-refractivity contribution < 1.29 is 10.2 Å². The van der Waals surface area contributed by atoms with Crippen LogP contribution in [0.3, 0.4) is 0 Å². The van der Waals surface area contributed by atoms with Gasteiger partial charge in [-0.3, -0.25) is 9.98 Å². The Morgan fingerprint density at radius 3 is 1.02 bits per heavy atom. The summed E-state index contributed by atoms with van der Waals surface area (Å²) in [6.45, 7) is 25.7. The number of aliphatic imine (C=N–C) groups is 2. The molecule has 0 bridgehead atoms. The molecule has 3 aromatic rings.